The molecule has 3 heteroatoms. The standard InChI is InChI=1S/C13H18BrNO/c1-2-10-4-3-5-12(8-10)16-13-7-6-11(14)9-15-13/h6-7,9-10,12H,2-5,8H2,1H3. The van der Waals surface area contributed by atoms with E-state index in [1.807, 2.05) is 12.1 Å². The largest absolute Gasteiger partial charge is 0.474 e. The zero-order valence-electron chi connectivity index (χ0n) is 9.66. The first-order chi connectivity index (χ1) is 7.78. The van der Waals surface area contributed by atoms with Crippen LogP contribution in [0, 0.1) is 5.92 Å². The van der Waals surface area contributed by atoms with Crippen LogP contribution in [0.15, 0.2) is 22.8 Å². The van der Waals surface area contributed by atoms with E-state index in [0.29, 0.717) is 6.10 Å². The molecule has 1 heterocycles. The van der Waals surface area contributed by atoms with Gasteiger partial charge in [-0.05, 0) is 47.2 Å². The van der Waals surface area contributed by atoms with Crippen molar-refractivity contribution in [2.75, 3.05) is 0 Å². The Morgan fingerprint density at radius 1 is 1.44 bits per heavy atom. The van der Waals surface area contributed by atoms with Gasteiger partial charge in [-0.1, -0.05) is 19.8 Å². The first-order valence-electron chi connectivity index (χ1n) is 6.06. The quantitative estimate of drug-likeness (QED) is 0.830. The molecule has 16 heavy (non-hydrogen) atoms. The molecule has 2 rings (SSSR count). The van der Waals surface area contributed by atoms with Crippen LogP contribution in [0.1, 0.15) is 39.0 Å². The van der Waals surface area contributed by atoms with Crippen LogP contribution in [0.5, 0.6) is 5.88 Å². The van der Waals surface area contributed by atoms with E-state index in [2.05, 4.69) is 27.8 Å². The van der Waals surface area contributed by atoms with E-state index in [4.69, 9.17) is 4.74 Å². The highest BCUT2D eigenvalue weighted by Crippen LogP contribution is 2.29. The van der Waals surface area contributed by atoms with Gasteiger partial charge in [-0.25, -0.2) is 4.98 Å². The highest BCUT2D eigenvalue weighted by molar-refractivity contribution is 9.10. The van der Waals surface area contributed by atoms with E-state index in [1.165, 1.54) is 32.1 Å². The van der Waals surface area contributed by atoms with Crippen molar-refractivity contribution in [3.63, 3.8) is 0 Å². The van der Waals surface area contributed by atoms with Gasteiger partial charge < -0.3 is 4.74 Å². The van der Waals surface area contributed by atoms with Gasteiger partial charge in [-0.3, -0.25) is 0 Å². The number of ether oxygens (including phenoxy) is 1. The molecule has 1 fully saturated rings. The van der Waals surface area contributed by atoms with E-state index in [-0.39, 0.29) is 0 Å². The number of hydrogen-bond acceptors (Lipinski definition) is 2. The normalized spacial score (nSPS) is 25.4. The van der Waals surface area contributed by atoms with Crippen molar-refractivity contribution >= 4 is 15.9 Å². The summed E-state index contributed by atoms with van der Waals surface area (Å²) in [5.41, 5.74) is 0. The van der Waals surface area contributed by atoms with Crippen LogP contribution in [-0.4, -0.2) is 11.1 Å². The molecule has 1 aliphatic rings. The highest BCUT2D eigenvalue weighted by atomic mass is 79.9. The Bertz CT molecular complexity index is 325. The predicted octanol–water partition coefficient (Wildman–Crippen LogP) is 4.19. The molecular formula is C13H18BrNO. The van der Waals surface area contributed by atoms with Gasteiger partial charge in [-0.2, -0.15) is 0 Å². The summed E-state index contributed by atoms with van der Waals surface area (Å²) in [5, 5.41) is 0. The van der Waals surface area contributed by atoms with Crippen LogP contribution >= 0.6 is 15.9 Å². The van der Waals surface area contributed by atoms with E-state index >= 15 is 0 Å². The Morgan fingerprint density at radius 3 is 3.00 bits per heavy atom. The van der Waals surface area contributed by atoms with Crippen LogP contribution < -0.4 is 4.74 Å². The Morgan fingerprint density at radius 2 is 2.31 bits per heavy atom. The SMILES string of the molecule is CCC1CCCC(Oc2ccc(Br)cn2)C1. The second-order valence-electron chi connectivity index (χ2n) is 4.50. The van der Waals surface area contributed by atoms with Gasteiger partial charge in [0, 0.05) is 16.7 Å². The molecule has 0 spiro atoms. The predicted molar refractivity (Wildman–Crippen MR) is 68.6 cm³/mol. The lowest BCUT2D eigenvalue weighted by Gasteiger charge is -2.28. The fourth-order valence-electron chi connectivity index (χ4n) is 2.32. The summed E-state index contributed by atoms with van der Waals surface area (Å²) in [5.74, 6) is 1.60. The summed E-state index contributed by atoms with van der Waals surface area (Å²) < 4.78 is 6.91. The Balaban J connectivity index is 1.91. The third-order valence-corrected chi connectivity index (χ3v) is 3.77. The molecule has 1 aromatic heterocycles. The molecule has 2 atom stereocenters. The molecule has 88 valence electrons. The molecule has 1 saturated carbocycles. The molecule has 1 aromatic rings. The van der Waals surface area contributed by atoms with Gasteiger partial charge in [-0.15, -0.1) is 0 Å². The van der Waals surface area contributed by atoms with Crippen LogP contribution in [0.3, 0.4) is 0 Å². The minimum Gasteiger partial charge on any atom is -0.474 e. The molecule has 0 bridgehead atoms. The number of nitrogens with zero attached hydrogens (tertiary/aromatic N) is 1. The van der Waals surface area contributed by atoms with Crippen molar-refractivity contribution in [2.24, 2.45) is 5.92 Å². The first-order valence-corrected chi connectivity index (χ1v) is 6.85. The van der Waals surface area contributed by atoms with Gasteiger partial charge in [0.25, 0.3) is 0 Å². The minimum atomic E-state index is 0.368. The summed E-state index contributed by atoms with van der Waals surface area (Å²) >= 11 is 3.37. The third kappa shape index (κ3) is 3.21. The highest BCUT2D eigenvalue weighted by Gasteiger charge is 2.22. The number of aromatic nitrogens is 1. The number of hydrogen-bond donors (Lipinski definition) is 0. The van der Waals surface area contributed by atoms with E-state index in [0.717, 1.165) is 16.3 Å². The maximum Gasteiger partial charge on any atom is 0.213 e. The maximum atomic E-state index is 5.91. The monoisotopic (exact) mass is 283 g/mol. The lowest BCUT2D eigenvalue weighted by atomic mass is 9.85. The summed E-state index contributed by atoms with van der Waals surface area (Å²) in [7, 11) is 0. The molecule has 0 amide bonds. The van der Waals surface area contributed by atoms with Crippen LogP contribution in [0.25, 0.3) is 0 Å². The Kier molecular flexibility index (Phi) is 4.22. The second-order valence-corrected chi connectivity index (χ2v) is 5.41. The fraction of sp³-hybridized carbons (Fsp3) is 0.615. The maximum absolute atomic E-state index is 5.91. The van der Waals surface area contributed by atoms with Gasteiger partial charge >= 0.3 is 0 Å². The average Bonchev–Trinajstić information content (AvgIpc) is 2.32. The topological polar surface area (TPSA) is 22.1 Å². The zero-order valence-corrected chi connectivity index (χ0v) is 11.2. The van der Waals surface area contributed by atoms with E-state index < -0.39 is 0 Å². The summed E-state index contributed by atoms with van der Waals surface area (Å²) in [6.07, 6.45) is 8.45. The van der Waals surface area contributed by atoms with Crippen molar-refractivity contribution in [3.05, 3.63) is 22.8 Å². The van der Waals surface area contributed by atoms with Crippen LogP contribution in [0.4, 0.5) is 0 Å². The van der Waals surface area contributed by atoms with Crippen molar-refractivity contribution in [1.82, 2.24) is 4.98 Å². The Labute approximate surface area is 106 Å². The molecule has 2 nitrogen and oxygen atoms in total. The van der Waals surface area contributed by atoms with Crippen molar-refractivity contribution in [3.8, 4) is 5.88 Å². The average molecular weight is 284 g/mol. The third-order valence-electron chi connectivity index (χ3n) is 3.30. The summed E-state index contributed by atoms with van der Waals surface area (Å²) in [6, 6.07) is 3.90. The number of pyridine rings is 1. The molecule has 1 aliphatic carbocycles. The molecular weight excluding hydrogens is 266 g/mol. The van der Waals surface area contributed by atoms with Crippen molar-refractivity contribution in [2.45, 2.75) is 45.1 Å². The second kappa shape index (κ2) is 5.67. The minimum absolute atomic E-state index is 0.368. The van der Waals surface area contributed by atoms with Gasteiger partial charge in [0.1, 0.15) is 6.10 Å². The summed E-state index contributed by atoms with van der Waals surface area (Å²) in [4.78, 5) is 4.25. The van der Waals surface area contributed by atoms with Crippen molar-refractivity contribution < 1.29 is 4.74 Å². The Hall–Kier alpha value is -0.570. The fourth-order valence-corrected chi connectivity index (χ4v) is 2.56. The van der Waals surface area contributed by atoms with Crippen LogP contribution in [-0.2, 0) is 0 Å². The first kappa shape index (κ1) is 11.9. The molecule has 2 unspecified atom stereocenters. The van der Waals surface area contributed by atoms with Gasteiger partial charge in [0.15, 0.2) is 0 Å². The van der Waals surface area contributed by atoms with E-state index in [1.54, 1.807) is 6.20 Å². The molecule has 0 saturated heterocycles. The molecule has 0 N–H and O–H groups in total. The van der Waals surface area contributed by atoms with Gasteiger partial charge in [0.05, 0.1) is 0 Å². The smallest absolute Gasteiger partial charge is 0.213 e. The van der Waals surface area contributed by atoms with E-state index in [9.17, 15) is 0 Å². The number of rotatable bonds is 3. The summed E-state index contributed by atoms with van der Waals surface area (Å²) in [6.45, 7) is 2.27. The number of halogens is 1. The molecule has 0 aliphatic heterocycles. The zero-order chi connectivity index (χ0) is 11.4. The molecule has 0 aromatic carbocycles. The van der Waals surface area contributed by atoms with Gasteiger partial charge in [0.2, 0.25) is 5.88 Å². The molecule has 0 radical (unpaired) electrons. The van der Waals surface area contributed by atoms with Crippen LogP contribution in [0.2, 0.25) is 0 Å². The van der Waals surface area contributed by atoms with Crippen molar-refractivity contribution in [1.29, 1.82) is 0 Å². The lowest BCUT2D eigenvalue weighted by molar-refractivity contribution is 0.117. The lowest BCUT2D eigenvalue weighted by Crippen LogP contribution is -2.25.